The van der Waals surface area contributed by atoms with E-state index in [0.717, 1.165) is 33.6 Å². The summed E-state index contributed by atoms with van der Waals surface area (Å²) in [5.41, 5.74) is 5.51. The lowest BCUT2D eigenvalue weighted by Crippen LogP contribution is -1.96. The average molecular weight is 359 g/mol. The third-order valence-electron chi connectivity index (χ3n) is 4.29. The quantitative estimate of drug-likeness (QED) is 0.527. The second-order valence-electron chi connectivity index (χ2n) is 6.15. The second-order valence-corrected chi connectivity index (χ2v) is 6.15. The molecule has 0 atom stereocenters. The largest absolute Gasteiger partial charge is 0.370 e. The van der Waals surface area contributed by atoms with Crippen molar-refractivity contribution in [2.45, 2.75) is 13.2 Å². The predicted molar refractivity (Wildman–Crippen MR) is 102 cm³/mol. The zero-order valence-electron chi connectivity index (χ0n) is 14.6. The van der Waals surface area contributed by atoms with Crippen molar-refractivity contribution in [2.24, 2.45) is 0 Å². The fourth-order valence-electron chi connectivity index (χ4n) is 2.97. The monoisotopic (exact) mass is 359 g/mol. The van der Waals surface area contributed by atoms with Crippen molar-refractivity contribution >= 4 is 0 Å². The van der Waals surface area contributed by atoms with E-state index in [1.165, 1.54) is 12.1 Å². The zero-order valence-corrected chi connectivity index (χ0v) is 14.6. The molecule has 2 heterocycles. The molecule has 0 spiro atoms. The molecule has 0 aliphatic rings. The van der Waals surface area contributed by atoms with Crippen LogP contribution in [-0.4, -0.2) is 15.2 Å². The molecule has 4 rings (SSSR count). The average Bonchev–Trinajstić information content (AvgIpc) is 3.14. The summed E-state index contributed by atoms with van der Waals surface area (Å²) in [4.78, 5) is 4.09. The highest BCUT2D eigenvalue weighted by Crippen LogP contribution is 2.33. The summed E-state index contributed by atoms with van der Waals surface area (Å²) >= 11 is 0. The highest BCUT2D eigenvalue weighted by atomic mass is 19.1. The molecular weight excluding hydrogens is 341 g/mol. The van der Waals surface area contributed by atoms with Crippen molar-refractivity contribution in [3.8, 4) is 22.4 Å². The van der Waals surface area contributed by atoms with E-state index in [1.54, 1.807) is 24.5 Å². The number of nitrogens with zero attached hydrogens (tertiary/aromatic N) is 2. The summed E-state index contributed by atoms with van der Waals surface area (Å²) in [6.07, 6.45) is 3.48. The number of ether oxygens (including phenoxy) is 1. The number of aromatic amines is 1. The summed E-state index contributed by atoms with van der Waals surface area (Å²) in [6.45, 7) is 0.905. The van der Waals surface area contributed by atoms with Crippen LogP contribution in [0.1, 0.15) is 11.3 Å². The first-order valence-corrected chi connectivity index (χ1v) is 8.66. The molecule has 0 amide bonds. The molecule has 2 aromatic carbocycles. The lowest BCUT2D eigenvalue weighted by Gasteiger charge is -2.08. The summed E-state index contributed by atoms with van der Waals surface area (Å²) < 4.78 is 19.2. The van der Waals surface area contributed by atoms with Gasteiger partial charge in [0.1, 0.15) is 11.5 Å². The van der Waals surface area contributed by atoms with E-state index >= 15 is 0 Å². The first-order chi connectivity index (χ1) is 13.3. The number of rotatable bonds is 6. The molecule has 0 fully saturated rings. The van der Waals surface area contributed by atoms with Gasteiger partial charge in [-0.2, -0.15) is 5.10 Å². The van der Waals surface area contributed by atoms with Gasteiger partial charge in [-0.1, -0.05) is 30.3 Å². The SMILES string of the molecule is Fc1ccc(-c2n[nH]c(COCc3ccccc3)c2-c2ccncc2)cc1. The van der Waals surface area contributed by atoms with E-state index in [1.807, 2.05) is 42.5 Å². The van der Waals surface area contributed by atoms with Crippen LogP contribution in [0.5, 0.6) is 0 Å². The smallest absolute Gasteiger partial charge is 0.123 e. The number of halogens is 1. The molecular formula is C22H18FN3O. The van der Waals surface area contributed by atoms with Crippen molar-refractivity contribution in [2.75, 3.05) is 0 Å². The van der Waals surface area contributed by atoms with E-state index in [2.05, 4.69) is 15.2 Å². The third kappa shape index (κ3) is 3.93. The number of aromatic nitrogens is 3. The predicted octanol–water partition coefficient (Wildman–Crippen LogP) is 4.99. The summed E-state index contributed by atoms with van der Waals surface area (Å²) in [6, 6.07) is 20.2. The van der Waals surface area contributed by atoms with Crippen LogP contribution in [0.25, 0.3) is 22.4 Å². The van der Waals surface area contributed by atoms with E-state index in [-0.39, 0.29) is 5.82 Å². The standard InChI is InChI=1S/C22H18FN3O/c23-19-8-6-18(7-9-19)22-21(17-10-12-24-13-11-17)20(25-26-22)15-27-14-16-4-2-1-3-5-16/h1-13H,14-15H2,(H,25,26). The molecule has 4 aromatic rings. The third-order valence-corrected chi connectivity index (χ3v) is 4.29. The maximum absolute atomic E-state index is 13.3. The minimum absolute atomic E-state index is 0.272. The maximum Gasteiger partial charge on any atom is 0.123 e. The Balaban J connectivity index is 1.64. The molecule has 0 aliphatic carbocycles. The molecule has 27 heavy (non-hydrogen) atoms. The minimum atomic E-state index is -0.272. The van der Waals surface area contributed by atoms with Gasteiger partial charge < -0.3 is 4.74 Å². The lowest BCUT2D eigenvalue weighted by molar-refractivity contribution is 0.105. The Hall–Kier alpha value is -3.31. The van der Waals surface area contributed by atoms with Crippen LogP contribution in [0.3, 0.4) is 0 Å². The van der Waals surface area contributed by atoms with Gasteiger partial charge >= 0.3 is 0 Å². The number of H-pyrrole nitrogens is 1. The van der Waals surface area contributed by atoms with E-state index in [9.17, 15) is 4.39 Å². The lowest BCUT2D eigenvalue weighted by atomic mass is 10.00. The fraction of sp³-hybridized carbons (Fsp3) is 0.0909. The number of nitrogens with one attached hydrogen (secondary N) is 1. The van der Waals surface area contributed by atoms with Crippen molar-refractivity contribution in [1.29, 1.82) is 0 Å². The van der Waals surface area contributed by atoms with Gasteiger partial charge in [0.2, 0.25) is 0 Å². The highest BCUT2D eigenvalue weighted by Gasteiger charge is 2.17. The Morgan fingerprint density at radius 2 is 1.56 bits per heavy atom. The van der Waals surface area contributed by atoms with Crippen LogP contribution in [0, 0.1) is 5.82 Å². The molecule has 0 saturated carbocycles. The van der Waals surface area contributed by atoms with Gasteiger partial charge in [0, 0.05) is 23.5 Å². The van der Waals surface area contributed by atoms with E-state index in [4.69, 9.17) is 4.74 Å². The summed E-state index contributed by atoms with van der Waals surface area (Å²) in [5.74, 6) is -0.272. The number of benzene rings is 2. The number of pyridine rings is 1. The normalized spacial score (nSPS) is 10.9. The molecule has 134 valence electrons. The Kier molecular flexibility index (Phi) is 5.03. The number of hydrogen-bond acceptors (Lipinski definition) is 3. The molecule has 0 aliphatic heterocycles. The van der Waals surface area contributed by atoms with Crippen LogP contribution in [0.15, 0.2) is 79.1 Å². The second kappa shape index (κ2) is 7.93. The molecule has 0 radical (unpaired) electrons. The first-order valence-electron chi connectivity index (χ1n) is 8.66. The van der Waals surface area contributed by atoms with Crippen molar-refractivity contribution in [3.63, 3.8) is 0 Å². The minimum Gasteiger partial charge on any atom is -0.370 e. The molecule has 0 bridgehead atoms. The molecule has 4 nitrogen and oxygen atoms in total. The Bertz CT molecular complexity index is 999. The van der Waals surface area contributed by atoms with Crippen LogP contribution >= 0.6 is 0 Å². The topological polar surface area (TPSA) is 50.8 Å². The van der Waals surface area contributed by atoms with Gasteiger partial charge in [-0.05, 0) is 47.5 Å². The van der Waals surface area contributed by atoms with Crippen LogP contribution in [-0.2, 0) is 18.0 Å². The fourth-order valence-corrected chi connectivity index (χ4v) is 2.97. The summed E-state index contributed by atoms with van der Waals surface area (Å²) in [5, 5.41) is 7.55. The Morgan fingerprint density at radius 3 is 2.30 bits per heavy atom. The van der Waals surface area contributed by atoms with Crippen LogP contribution < -0.4 is 0 Å². The van der Waals surface area contributed by atoms with Gasteiger partial charge in [-0.25, -0.2) is 4.39 Å². The van der Waals surface area contributed by atoms with E-state index < -0.39 is 0 Å². The van der Waals surface area contributed by atoms with E-state index in [0.29, 0.717) is 13.2 Å². The molecule has 1 N–H and O–H groups in total. The van der Waals surface area contributed by atoms with Gasteiger partial charge in [-0.15, -0.1) is 0 Å². The van der Waals surface area contributed by atoms with Crippen molar-refractivity contribution in [1.82, 2.24) is 15.2 Å². The zero-order chi connectivity index (χ0) is 18.5. The molecule has 0 saturated heterocycles. The number of hydrogen-bond donors (Lipinski definition) is 1. The summed E-state index contributed by atoms with van der Waals surface area (Å²) in [7, 11) is 0. The molecule has 2 aromatic heterocycles. The van der Waals surface area contributed by atoms with Gasteiger partial charge in [0.15, 0.2) is 0 Å². The van der Waals surface area contributed by atoms with Gasteiger partial charge in [-0.3, -0.25) is 10.1 Å². The molecule has 0 unspecified atom stereocenters. The van der Waals surface area contributed by atoms with Gasteiger partial charge in [0.25, 0.3) is 0 Å². The Labute approximate surface area is 156 Å². The Morgan fingerprint density at radius 1 is 0.815 bits per heavy atom. The highest BCUT2D eigenvalue weighted by molar-refractivity contribution is 5.82. The maximum atomic E-state index is 13.3. The van der Waals surface area contributed by atoms with Crippen LogP contribution in [0.4, 0.5) is 4.39 Å². The van der Waals surface area contributed by atoms with Crippen LogP contribution in [0.2, 0.25) is 0 Å². The van der Waals surface area contributed by atoms with Gasteiger partial charge in [0.05, 0.1) is 18.9 Å². The van der Waals surface area contributed by atoms with Crippen molar-refractivity contribution in [3.05, 3.63) is 96.2 Å². The first kappa shape index (κ1) is 17.1. The van der Waals surface area contributed by atoms with Crippen molar-refractivity contribution < 1.29 is 9.13 Å². The molecule has 5 heteroatoms.